The molecule has 44 heavy (non-hydrogen) atoms. The lowest BCUT2D eigenvalue weighted by atomic mass is 10.0. The molecule has 3 aliphatic rings. The molecule has 4 aromatic rings. The summed E-state index contributed by atoms with van der Waals surface area (Å²) in [6, 6.07) is 8.16. The number of ether oxygens (including phenoxy) is 2. The van der Waals surface area contributed by atoms with Crippen LogP contribution in [-0.2, 0) is 20.9 Å². The molecule has 2 saturated carbocycles. The SMILES string of the molecule is COC(=O)CNC(=O)c1cc(F)c2nc(N3C[C@H]4CC(OCc5c(-c6c(Cl)cccc6Cl)noc5C5CC5)C[C@H]4C3)sc2c1. The standard InChI is InChI=1S/C31H29Cl2FN4O5S/c1-41-25(39)11-35-30(40)16-9-23(34)28-24(10-16)44-31(36-28)38-12-17-7-19(8-18(17)13-38)42-14-20-27(37-43-29(20)15-5-6-15)26-21(32)3-2-4-22(26)33/h2-4,9-10,15,17-19H,5-8,11-14H2,1H3,(H,35,40)/t17-,18+,19?. The fourth-order valence-electron chi connectivity index (χ4n) is 6.36. The minimum atomic E-state index is -0.583. The number of thiazole rings is 1. The van der Waals surface area contributed by atoms with Gasteiger partial charge in [-0.25, -0.2) is 9.37 Å². The van der Waals surface area contributed by atoms with Crippen LogP contribution in [0.25, 0.3) is 21.5 Å². The molecule has 1 unspecified atom stereocenters. The fraction of sp³-hybridized carbons (Fsp3) is 0.419. The minimum absolute atomic E-state index is 0.0996. The van der Waals surface area contributed by atoms with Crippen LogP contribution in [0, 0.1) is 17.7 Å². The number of amides is 1. The topological polar surface area (TPSA) is 107 Å². The van der Waals surface area contributed by atoms with Gasteiger partial charge in [0.2, 0.25) is 0 Å². The number of methoxy groups -OCH3 is 1. The van der Waals surface area contributed by atoms with Crippen LogP contribution in [0.15, 0.2) is 34.9 Å². The highest BCUT2D eigenvalue weighted by molar-refractivity contribution is 7.22. The van der Waals surface area contributed by atoms with Crippen molar-refractivity contribution in [3.05, 3.63) is 63.1 Å². The summed E-state index contributed by atoms with van der Waals surface area (Å²) in [4.78, 5) is 30.6. The Morgan fingerprint density at radius 3 is 2.57 bits per heavy atom. The van der Waals surface area contributed by atoms with Crippen LogP contribution in [0.2, 0.25) is 10.0 Å². The van der Waals surface area contributed by atoms with Crippen molar-refractivity contribution in [2.24, 2.45) is 11.8 Å². The minimum Gasteiger partial charge on any atom is -0.468 e. The summed E-state index contributed by atoms with van der Waals surface area (Å²) in [5.41, 5.74) is 2.62. The molecule has 0 radical (unpaired) electrons. The van der Waals surface area contributed by atoms with Crippen molar-refractivity contribution in [1.29, 1.82) is 0 Å². The molecule has 0 bridgehead atoms. The van der Waals surface area contributed by atoms with E-state index in [9.17, 15) is 14.0 Å². The largest absolute Gasteiger partial charge is 0.468 e. The molecule has 1 N–H and O–H groups in total. The number of fused-ring (bicyclic) bond motifs is 2. The van der Waals surface area contributed by atoms with Crippen LogP contribution >= 0.6 is 34.5 Å². The normalized spacial score (nSPS) is 21.2. The number of hydrogen-bond donors (Lipinski definition) is 1. The number of aromatic nitrogens is 2. The van der Waals surface area contributed by atoms with Gasteiger partial charge >= 0.3 is 5.97 Å². The lowest BCUT2D eigenvalue weighted by Crippen LogP contribution is -2.30. The van der Waals surface area contributed by atoms with E-state index < -0.39 is 17.7 Å². The van der Waals surface area contributed by atoms with E-state index in [0.29, 0.717) is 50.4 Å². The van der Waals surface area contributed by atoms with E-state index in [1.165, 1.54) is 18.4 Å². The monoisotopic (exact) mass is 658 g/mol. The second-order valence-corrected chi connectivity index (χ2v) is 13.5. The Morgan fingerprint density at radius 1 is 1.16 bits per heavy atom. The molecular weight excluding hydrogens is 630 g/mol. The first kappa shape index (κ1) is 29.5. The summed E-state index contributed by atoms with van der Waals surface area (Å²) in [6.07, 6.45) is 4.07. The second kappa shape index (κ2) is 11.9. The van der Waals surface area contributed by atoms with Gasteiger partial charge in [-0.1, -0.05) is 45.8 Å². The first-order valence-corrected chi connectivity index (χ1v) is 16.1. The number of nitrogens with one attached hydrogen (secondary N) is 1. The maximum atomic E-state index is 14.9. The maximum absolute atomic E-state index is 14.9. The van der Waals surface area contributed by atoms with Gasteiger partial charge in [0.25, 0.3) is 5.91 Å². The molecule has 9 nitrogen and oxygen atoms in total. The Balaban J connectivity index is 1.01. The van der Waals surface area contributed by atoms with Crippen molar-refractivity contribution in [2.45, 2.75) is 44.3 Å². The van der Waals surface area contributed by atoms with Gasteiger partial charge in [-0.2, -0.15) is 0 Å². The van der Waals surface area contributed by atoms with E-state index in [4.69, 9.17) is 32.5 Å². The second-order valence-electron chi connectivity index (χ2n) is 11.6. The summed E-state index contributed by atoms with van der Waals surface area (Å²) < 4.78 is 32.3. The summed E-state index contributed by atoms with van der Waals surface area (Å²) in [5, 5.41) is 8.60. The molecule has 7 rings (SSSR count). The van der Waals surface area contributed by atoms with Crippen molar-refractivity contribution in [1.82, 2.24) is 15.5 Å². The van der Waals surface area contributed by atoms with Gasteiger partial charge < -0.3 is 24.2 Å². The van der Waals surface area contributed by atoms with Crippen molar-refractivity contribution >= 4 is 61.8 Å². The van der Waals surface area contributed by atoms with Gasteiger partial charge in [0.05, 0.1) is 34.6 Å². The van der Waals surface area contributed by atoms with Crippen LogP contribution in [0.3, 0.4) is 0 Å². The third-order valence-electron chi connectivity index (χ3n) is 8.73. The Labute approximate surface area is 266 Å². The number of anilines is 1. The molecule has 2 aliphatic carbocycles. The fourth-order valence-corrected chi connectivity index (χ4v) is 7.97. The lowest BCUT2D eigenvalue weighted by Gasteiger charge is -2.19. The van der Waals surface area contributed by atoms with E-state index in [1.807, 2.05) is 6.07 Å². The molecule has 3 heterocycles. The average molecular weight is 660 g/mol. The molecule has 3 atom stereocenters. The van der Waals surface area contributed by atoms with Gasteiger partial charge in [-0.05, 0) is 61.8 Å². The summed E-state index contributed by atoms with van der Waals surface area (Å²) in [6.45, 7) is 1.70. The smallest absolute Gasteiger partial charge is 0.325 e. The van der Waals surface area contributed by atoms with Gasteiger partial charge in [0.1, 0.15) is 23.5 Å². The number of hydrogen-bond acceptors (Lipinski definition) is 9. The third-order valence-corrected chi connectivity index (χ3v) is 10.4. The first-order valence-electron chi connectivity index (χ1n) is 14.5. The zero-order chi connectivity index (χ0) is 30.5. The quantitative estimate of drug-likeness (QED) is 0.200. The predicted molar refractivity (Wildman–Crippen MR) is 165 cm³/mol. The number of rotatable bonds is 9. The van der Waals surface area contributed by atoms with Crippen LogP contribution in [0.1, 0.15) is 53.3 Å². The van der Waals surface area contributed by atoms with Gasteiger partial charge in [-0.3, -0.25) is 9.59 Å². The molecule has 1 amide bonds. The highest BCUT2D eigenvalue weighted by Gasteiger charge is 2.43. The predicted octanol–water partition coefficient (Wildman–Crippen LogP) is 6.61. The molecular formula is C31H29Cl2FN4O5S. The molecule has 2 aromatic carbocycles. The Kier molecular flexibility index (Phi) is 7.98. The molecule has 1 aliphatic heterocycles. The van der Waals surface area contributed by atoms with E-state index in [0.717, 1.165) is 61.3 Å². The van der Waals surface area contributed by atoms with Crippen LogP contribution in [-0.4, -0.2) is 54.9 Å². The van der Waals surface area contributed by atoms with Gasteiger partial charge in [-0.15, -0.1) is 0 Å². The van der Waals surface area contributed by atoms with Crippen LogP contribution in [0.4, 0.5) is 9.52 Å². The first-order chi connectivity index (χ1) is 21.3. The number of carbonyl (C=O) groups excluding carboxylic acids is 2. The Bertz CT molecular complexity index is 1720. The van der Waals surface area contributed by atoms with Gasteiger partial charge in [0.15, 0.2) is 10.9 Å². The van der Waals surface area contributed by atoms with E-state index in [1.54, 1.807) is 18.2 Å². The number of halogens is 3. The van der Waals surface area contributed by atoms with E-state index in [-0.39, 0.29) is 23.7 Å². The van der Waals surface area contributed by atoms with E-state index >= 15 is 0 Å². The van der Waals surface area contributed by atoms with Crippen molar-refractivity contribution < 1.29 is 28.0 Å². The van der Waals surface area contributed by atoms with Crippen LogP contribution in [0.5, 0.6) is 0 Å². The average Bonchev–Trinajstić information content (AvgIpc) is 3.30. The third kappa shape index (κ3) is 5.66. The zero-order valence-corrected chi connectivity index (χ0v) is 26.1. The zero-order valence-electron chi connectivity index (χ0n) is 23.8. The molecule has 3 fully saturated rings. The van der Waals surface area contributed by atoms with Crippen molar-refractivity contribution in [2.75, 3.05) is 31.6 Å². The summed E-state index contributed by atoms with van der Waals surface area (Å²) in [7, 11) is 1.23. The molecule has 230 valence electrons. The Morgan fingerprint density at radius 2 is 1.89 bits per heavy atom. The summed E-state index contributed by atoms with van der Waals surface area (Å²) in [5.74, 6) is 0.381. The molecule has 1 saturated heterocycles. The number of esters is 1. The van der Waals surface area contributed by atoms with Crippen molar-refractivity contribution in [3.8, 4) is 11.3 Å². The summed E-state index contributed by atoms with van der Waals surface area (Å²) >= 11 is 14.4. The lowest BCUT2D eigenvalue weighted by molar-refractivity contribution is -0.139. The Hall–Kier alpha value is -3.25. The van der Waals surface area contributed by atoms with Crippen molar-refractivity contribution in [3.63, 3.8) is 0 Å². The number of carbonyl (C=O) groups is 2. The van der Waals surface area contributed by atoms with Crippen LogP contribution < -0.4 is 10.2 Å². The maximum Gasteiger partial charge on any atom is 0.325 e. The molecule has 2 aromatic heterocycles. The highest BCUT2D eigenvalue weighted by Crippen LogP contribution is 2.47. The van der Waals surface area contributed by atoms with Gasteiger partial charge in [0, 0.05) is 35.7 Å². The number of benzene rings is 2. The molecule has 0 spiro atoms. The van der Waals surface area contributed by atoms with E-state index in [2.05, 4.69) is 25.1 Å². The molecule has 13 heteroatoms. The highest BCUT2D eigenvalue weighted by atomic mass is 35.5. The number of nitrogens with zero attached hydrogens (tertiary/aromatic N) is 3.